The van der Waals surface area contributed by atoms with Gasteiger partial charge in [-0.2, -0.15) is 0 Å². The van der Waals surface area contributed by atoms with Crippen LogP contribution in [0.15, 0.2) is 60.9 Å². The van der Waals surface area contributed by atoms with Gasteiger partial charge in [0.2, 0.25) is 11.8 Å². The Balaban J connectivity index is 1.10. The van der Waals surface area contributed by atoms with Crippen molar-refractivity contribution in [2.45, 2.75) is 130 Å². The van der Waals surface area contributed by atoms with Gasteiger partial charge in [-0.15, -0.1) is 0 Å². The fourth-order valence-electron chi connectivity index (χ4n) is 8.65. The molecule has 334 valence electrons. The zero-order valence-electron chi connectivity index (χ0n) is 38.6. The second-order valence-electron chi connectivity index (χ2n) is 19.5. The molecule has 4 heterocycles. The number of aromatic amines is 2. The summed E-state index contributed by atoms with van der Waals surface area (Å²) in [6, 6.07) is 14.8. The van der Waals surface area contributed by atoms with Crippen LogP contribution in [-0.4, -0.2) is 114 Å². The van der Waals surface area contributed by atoms with Crippen molar-refractivity contribution in [1.82, 2.24) is 39.5 Å². The van der Waals surface area contributed by atoms with E-state index in [0.29, 0.717) is 13.1 Å². The first-order valence-electron chi connectivity index (χ1n) is 22.0. The van der Waals surface area contributed by atoms with Crippen LogP contribution in [-0.2, 0) is 19.1 Å². The maximum absolute atomic E-state index is 14.0. The largest absolute Gasteiger partial charge is 0.444 e. The Morgan fingerprint density at radius 2 is 0.919 bits per heavy atom. The molecule has 2 aliphatic heterocycles. The van der Waals surface area contributed by atoms with E-state index in [9.17, 15) is 19.2 Å². The normalized spacial score (nSPS) is 18.0. The standard InChI is InChI=1S/C48H66N8O6/c1-29(2)39(53(11)45(59)61-47(5,6)7)43(57)55-25-13-15-37(55)41-49-27-35(51-41)33-21-17-31(18-22-33)32-19-23-34(24-20-32)36-28-50-42(52-36)38-16-14-26-56(38)44(58)40(30(3)4)54(12)46(60)62-48(8,9)10/h17-24,27-30,37-40H,13-16,25-26H2,1-12H3,(H,49,51)(H,50,52)/t37-,38?,39-,40-/m0/s1. The van der Waals surface area contributed by atoms with Gasteiger partial charge in [-0.3, -0.25) is 19.4 Å². The molecule has 4 atom stereocenters. The molecule has 2 fully saturated rings. The Morgan fingerprint density at radius 1 is 0.597 bits per heavy atom. The van der Waals surface area contributed by atoms with Crippen molar-refractivity contribution in [3.63, 3.8) is 0 Å². The number of hydrogen-bond donors (Lipinski definition) is 2. The topological polar surface area (TPSA) is 157 Å². The van der Waals surface area contributed by atoms with Gasteiger partial charge >= 0.3 is 12.2 Å². The molecule has 2 aromatic heterocycles. The zero-order chi connectivity index (χ0) is 45.3. The predicted octanol–water partition coefficient (Wildman–Crippen LogP) is 9.24. The lowest BCUT2D eigenvalue weighted by Gasteiger charge is -2.35. The Morgan fingerprint density at radius 3 is 1.23 bits per heavy atom. The summed E-state index contributed by atoms with van der Waals surface area (Å²) in [5, 5.41) is 0. The quantitative estimate of drug-likeness (QED) is 0.151. The van der Waals surface area contributed by atoms with E-state index < -0.39 is 35.5 Å². The Labute approximate surface area is 366 Å². The maximum Gasteiger partial charge on any atom is 0.410 e. The molecule has 0 saturated carbocycles. The van der Waals surface area contributed by atoms with Crippen LogP contribution in [0, 0.1) is 11.8 Å². The highest BCUT2D eigenvalue weighted by atomic mass is 16.6. The minimum absolute atomic E-state index is 0.106. The summed E-state index contributed by atoms with van der Waals surface area (Å²) >= 11 is 0. The number of H-pyrrole nitrogens is 2. The van der Waals surface area contributed by atoms with Gasteiger partial charge in [0, 0.05) is 27.2 Å². The van der Waals surface area contributed by atoms with Gasteiger partial charge in [0.05, 0.1) is 35.9 Å². The van der Waals surface area contributed by atoms with E-state index in [4.69, 9.17) is 19.4 Å². The highest BCUT2D eigenvalue weighted by molar-refractivity contribution is 5.87. The van der Waals surface area contributed by atoms with Crippen molar-refractivity contribution < 1.29 is 28.7 Å². The first-order valence-corrected chi connectivity index (χ1v) is 22.0. The fourth-order valence-corrected chi connectivity index (χ4v) is 8.65. The van der Waals surface area contributed by atoms with Crippen LogP contribution in [0.4, 0.5) is 9.59 Å². The monoisotopic (exact) mass is 851 g/mol. The molecule has 0 aliphatic carbocycles. The Bertz CT molecular complexity index is 2040. The maximum atomic E-state index is 14.0. The average molecular weight is 851 g/mol. The summed E-state index contributed by atoms with van der Waals surface area (Å²) in [6.45, 7) is 19.9. The molecule has 0 bridgehead atoms. The zero-order valence-corrected chi connectivity index (χ0v) is 38.6. The van der Waals surface area contributed by atoms with Crippen molar-refractivity contribution in [2.75, 3.05) is 27.2 Å². The van der Waals surface area contributed by atoms with Gasteiger partial charge in [0.25, 0.3) is 0 Å². The molecule has 0 spiro atoms. The first-order chi connectivity index (χ1) is 29.1. The number of likely N-dealkylation sites (N-methyl/N-ethyl adjacent to an activating group) is 2. The molecular weight excluding hydrogens is 785 g/mol. The van der Waals surface area contributed by atoms with E-state index in [2.05, 4.69) is 58.5 Å². The first kappa shape index (κ1) is 45.9. The lowest BCUT2D eigenvalue weighted by Crippen LogP contribution is -2.52. The van der Waals surface area contributed by atoms with Gasteiger partial charge in [-0.25, -0.2) is 19.6 Å². The van der Waals surface area contributed by atoms with E-state index in [0.717, 1.165) is 71.0 Å². The number of carbonyl (C=O) groups excluding carboxylic acids is 4. The summed E-state index contributed by atoms with van der Waals surface area (Å²) in [6.07, 6.45) is 5.85. The second kappa shape index (κ2) is 18.4. The number of carbonyl (C=O) groups is 4. The van der Waals surface area contributed by atoms with E-state index in [1.54, 1.807) is 14.1 Å². The van der Waals surface area contributed by atoms with Gasteiger partial charge in [-0.05, 0) is 101 Å². The second-order valence-corrected chi connectivity index (χ2v) is 19.5. The number of hydrogen-bond acceptors (Lipinski definition) is 8. The third-order valence-electron chi connectivity index (χ3n) is 11.6. The molecule has 2 N–H and O–H groups in total. The summed E-state index contributed by atoms with van der Waals surface area (Å²) in [4.78, 5) is 77.0. The van der Waals surface area contributed by atoms with Crippen molar-refractivity contribution in [1.29, 1.82) is 0 Å². The number of amides is 4. The molecular formula is C48H66N8O6. The summed E-state index contributed by atoms with van der Waals surface area (Å²) < 4.78 is 11.2. The Kier molecular flexibility index (Phi) is 13.6. The van der Waals surface area contributed by atoms with Crippen LogP contribution in [0.1, 0.15) is 119 Å². The van der Waals surface area contributed by atoms with E-state index in [1.165, 1.54) is 9.80 Å². The number of rotatable bonds is 11. The molecule has 1 unspecified atom stereocenters. The third kappa shape index (κ3) is 10.3. The number of benzene rings is 2. The van der Waals surface area contributed by atoms with Crippen molar-refractivity contribution in [3.05, 3.63) is 72.6 Å². The smallest absolute Gasteiger partial charge is 0.410 e. The number of nitrogens with one attached hydrogen (secondary N) is 2. The summed E-state index contributed by atoms with van der Waals surface area (Å²) in [5.41, 5.74) is 4.46. The third-order valence-corrected chi connectivity index (χ3v) is 11.6. The SMILES string of the molecule is CC(C)[C@@H](C(=O)N1CCCC1c1ncc(-c2ccc(-c3ccc(-c4cnc([C@@H]5CCCN5C(=O)[C@H](C(C)C)N(C)C(=O)OC(C)(C)C)[nH]4)cc3)cc2)[nH]1)N(C)C(=O)OC(C)(C)C. The summed E-state index contributed by atoms with van der Waals surface area (Å²) in [7, 11) is 3.27. The Hall–Kier alpha value is -5.66. The molecule has 4 amide bonds. The van der Waals surface area contributed by atoms with Crippen LogP contribution in [0.2, 0.25) is 0 Å². The van der Waals surface area contributed by atoms with E-state index in [-0.39, 0.29) is 35.7 Å². The molecule has 62 heavy (non-hydrogen) atoms. The molecule has 2 aliphatic rings. The molecule has 6 rings (SSSR count). The predicted molar refractivity (Wildman–Crippen MR) is 240 cm³/mol. The van der Waals surface area contributed by atoms with E-state index in [1.807, 2.05) is 91.4 Å². The molecule has 2 saturated heterocycles. The fraction of sp³-hybridized carbons (Fsp3) is 0.542. The van der Waals surface area contributed by atoms with Gasteiger partial charge < -0.3 is 29.2 Å². The number of imidazole rings is 2. The highest BCUT2D eigenvalue weighted by Crippen LogP contribution is 2.36. The van der Waals surface area contributed by atoms with Crippen molar-refractivity contribution in [2.24, 2.45) is 11.8 Å². The summed E-state index contributed by atoms with van der Waals surface area (Å²) in [5.74, 6) is 1.02. The molecule has 2 aromatic carbocycles. The lowest BCUT2D eigenvalue weighted by atomic mass is 10.0. The number of ether oxygens (including phenoxy) is 2. The molecule has 14 heteroatoms. The van der Waals surface area contributed by atoms with Gasteiger partial charge in [0.15, 0.2) is 0 Å². The average Bonchev–Trinajstić information content (AvgIpc) is 4.03. The minimum atomic E-state index is -0.667. The van der Waals surface area contributed by atoms with Crippen LogP contribution < -0.4 is 0 Å². The van der Waals surface area contributed by atoms with Crippen molar-refractivity contribution in [3.8, 4) is 33.6 Å². The van der Waals surface area contributed by atoms with Crippen LogP contribution in [0.3, 0.4) is 0 Å². The molecule has 0 radical (unpaired) electrons. The minimum Gasteiger partial charge on any atom is -0.444 e. The van der Waals surface area contributed by atoms with Crippen LogP contribution in [0.5, 0.6) is 0 Å². The number of likely N-dealkylation sites (tertiary alicyclic amines) is 2. The van der Waals surface area contributed by atoms with Gasteiger partial charge in [0.1, 0.15) is 34.9 Å². The number of aromatic nitrogens is 4. The molecule has 4 aromatic rings. The number of nitrogens with zero attached hydrogens (tertiary/aromatic N) is 6. The van der Waals surface area contributed by atoms with Crippen LogP contribution >= 0.6 is 0 Å². The van der Waals surface area contributed by atoms with Gasteiger partial charge in [-0.1, -0.05) is 76.2 Å². The van der Waals surface area contributed by atoms with Crippen LogP contribution in [0.25, 0.3) is 33.6 Å². The van der Waals surface area contributed by atoms with Crippen molar-refractivity contribution >= 4 is 24.0 Å². The highest BCUT2D eigenvalue weighted by Gasteiger charge is 2.42. The lowest BCUT2D eigenvalue weighted by molar-refractivity contribution is -0.139. The molecule has 14 nitrogen and oxygen atoms in total. The van der Waals surface area contributed by atoms with E-state index >= 15 is 0 Å².